The highest BCUT2D eigenvalue weighted by atomic mass is 16.6. The van der Waals surface area contributed by atoms with E-state index in [0.717, 1.165) is 19.6 Å². The Morgan fingerprint density at radius 1 is 1.43 bits per heavy atom. The van der Waals surface area contributed by atoms with Gasteiger partial charge < -0.3 is 9.84 Å². The van der Waals surface area contributed by atoms with E-state index in [1.54, 1.807) is 0 Å². The van der Waals surface area contributed by atoms with Crippen LogP contribution in [0.3, 0.4) is 0 Å². The van der Waals surface area contributed by atoms with E-state index in [2.05, 4.69) is 4.90 Å². The highest BCUT2D eigenvalue weighted by Crippen LogP contribution is 2.29. The molecule has 0 atom stereocenters. The molecule has 0 spiro atoms. The van der Waals surface area contributed by atoms with Gasteiger partial charge in [0.1, 0.15) is 18.0 Å². The van der Waals surface area contributed by atoms with Crippen molar-refractivity contribution in [3.63, 3.8) is 0 Å². The largest absolute Gasteiger partial charge is 0.492 e. The van der Waals surface area contributed by atoms with Crippen LogP contribution in [0.25, 0.3) is 0 Å². The number of benzene rings is 1. The molecule has 1 aromatic rings. The van der Waals surface area contributed by atoms with Crippen LogP contribution in [0.2, 0.25) is 0 Å². The van der Waals surface area contributed by atoms with Crippen molar-refractivity contribution in [1.82, 2.24) is 4.90 Å². The number of ether oxygens (including phenoxy) is 1. The lowest BCUT2D eigenvalue weighted by atomic mass is 10.2. The van der Waals surface area contributed by atoms with Crippen molar-refractivity contribution in [2.45, 2.75) is 12.8 Å². The first-order valence-electron chi connectivity index (χ1n) is 6.70. The van der Waals surface area contributed by atoms with Crippen molar-refractivity contribution < 1.29 is 19.6 Å². The Bertz CT molecular complexity index is 529. The molecule has 0 bridgehead atoms. The molecule has 0 radical (unpaired) electrons. The molecular formula is C13H17N3O5. The zero-order chi connectivity index (χ0) is 15.2. The van der Waals surface area contributed by atoms with Gasteiger partial charge in [-0.2, -0.15) is 0 Å². The summed E-state index contributed by atoms with van der Waals surface area (Å²) in [6.07, 6.45) is 1.04. The lowest BCUT2D eigenvalue weighted by Gasteiger charge is -2.15. The Morgan fingerprint density at radius 2 is 2.14 bits per heavy atom. The molecule has 1 fully saturated rings. The topological polar surface area (TPSA) is 105 Å². The van der Waals surface area contributed by atoms with Crippen molar-refractivity contribution in [2.75, 3.05) is 31.6 Å². The normalized spacial score (nSPS) is 14.9. The van der Waals surface area contributed by atoms with Crippen molar-refractivity contribution in [3.05, 3.63) is 28.3 Å². The van der Waals surface area contributed by atoms with Crippen LogP contribution in [0.1, 0.15) is 12.8 Å². The summed E-state index contributed by atoms with van der Waals surface area (Å²) < 4.78 is 5.50. The fourth-order valence-electron chi connectivity index (χ4n) is 2.27. The first-order chi connectivity index (χ1) is 10.1. The van der Waals surface area contributed by atoms with Crippen LogP contribution in [0, 0.1) is 10.1 Å². The number of nitrogens with zero attached hydrogens (tertiary/aromatic N) is 2. The maximum Gasteiger partial charge on any atom is 0.409 e. The minimum atomic E-state index is -1.35. The van der Waals surface area contributed by atoms with Gasteiger partial charge in [0.05, 0.1) is 11.0 Å². The highest BCUT2D eigenvalue weighted by Gasteiger charge is 2.17. The van der Waals surface area contributed by atoms with E-state index >= 15 is 0 Å². The van der Waals surface area contributed by atoms with Gasteiger partial charge in [-0.15, -0.1) is 0 Å². The SMILES string of the molecule is O=C(O)Nc1ccc(OCCN2CCCC2)cc1[N+](=O)[O-]. The second-order valence-electron chi connectivity index (χ2n) is 4.76. The number of carbonyl (C=O) groups is 1. The molecule has 1 heterocycles. The Hall–Kier alpha value is -2.35. The van der Waals surface area contributed by atoms with Crippen LogP contribution in [-0.4, -0.2) is 47.3 Å². The van der Waals surface area contributed by atoms with Gasteiger partial charge in [-0.05, 0) is 38.1 Å². The number of amides is 1. The fraction of sp³-hybridized carbons (Fsp3) is 0.462. The summed E-state index contributed by atoms with van der Waals surface area (Å²) in [5, 5.41) is 21.6. The van der Waals surface area contributed by atoms with Crippen LogP contribution >= 0.6 is 0 Å². The molecule has 21 heavy (non-hydrogen) atoms. The Labute approximate surface area is 121 Å². The van der Waals surface area contributed by atoms with Crippen LogP contribution in [0.4, 0.5) is 16.2 Å². The number of hydrogen-bond donors (Lipinski definition) is 2. The second-order valence-corrected chi connectivity index (χ2v) is 4.76. The Morgan fingerprint density at radius 3 is 2.76 bits per heavy atom. The molecule has 1 aliphatic rings. The molecule has 1 saturated heterocycles. The summed E-state index contributed by atoms with van der Waals surface area (Å²) >= 11 is 0. The minimum absolute atomic E-state index is 0.0700. The van der Waals surface area contributed by atoms with Crippen LogP contribution in [-0.2, 0) is 0 Å². The van der Waals surface area contributed by atoms with Gasteiger partial charge in [0.2, 0.25) is 0 Å². The second kappa shape index (κ2) is 6.89. The smallest absolute Gasteiger partial charge is 0.409 e. The van der Waals surface area contributed by atoms with Crippen molar-refractivity contribution in [3.8, 4) is 5.75 Å². The number of hydrogen-bond acceptors (Lipinski definition) is 5. The first-order valence-corrected chi connectivity index (χ1v) is 6.70. The maximum absolute atomic E-state index is 10.9. The molecular weight excluding hydrogens is 278 g/mol. The molecule has 1 aliphatic heterocycles. The highest BCUT2D eigenvalue weighted by molar-refractivity contribution is 5.86. The average Bonchev–Trinajstić information content (AvgIpc) is 2.92. The molecule has 1 amide bonds. The third-order valence-corrected chi connectivity index (χ3v) is 3.28. The van der Waals surface area contributed by atoms with E-state index in [-0.39, 0.29) is 11.4 Å². The molecule has 1 aromatic carbocycles. The molecule has 0 unspecified atom stereocenters. The van der Waals surface area contributed by atoms with Gasteiger partial charge in [0.15, 0.2) is 0 Å². The minimum Gasteiger partial charge on any atom is -0.492 e. The van der Waals surface area contributed by atoms with Gasteiger partial charge in [0, 0.05) is 6.54 Å². The predicted octanol–water partition coefficient (Wildman–Crippen LogP) is 2.16. The first kappa shape index (κ1) is 15.0. The lowest BCUT2D eigenvalue weighted by molar-refractivity contribution is -0.384. The average molecular weight is 295 g/mol. The van der Waals surface area contributed by atoms with Crippen molar-refractivity contribution in [2.24, 2.45) is 0 Å². The van der Waals surface area contributed by atoms with E-state index in [1.807, 2.05) is 5.32 Å². The summed E-state index contributed by atoms with van der Waals surface area (Å²) in [4.78, 5) is 23.2. The van der Waals surface area contributed by atoms with Gasteiger partial charge in [0.25, 0.3) is 5.69 Å². The molecule has 8 nitrogen and oxygen atoms in total. The van der Waals surface area contributed by atoms with E-state index in [4.69, 9.17) is 9.84 Å². The quantitative estimate of drug-likeness (QED) is 0.615. The van der Waals surface area contributed by atoms with E-state index in [1.165, 1.54) is 31.0 Å². The van der Waals surface area contributed by atoms with E-state index < -0.39 is 11.0 Å². The van der Waals surface area contributed by atoms with Crippen molar-refractivity contribution in [1.29, 1.82) is 0 Å². The summed E-state index contributed by atoms with van der Waals surface area (Å²) in [7, 11) is 0. The lowest BCUT2D eigenvalue weighted by Crippen LogP contribution is -2.25. The number of rotatable bonds is 6. The zero-order valence-corrected chi connectivity index (χ0v) is 11.4. The molecule has 0 aromatic heterocycles. The van der Waals surface area contributed by atoms with Gasteiger partial charge >= 0.3 is 6.09 Å². The number of likely N-dealkylation sites (tertiary alicyclic amines) is 1. The number of nitrogens with one attached hydrogen (secondary N) is 1. The summed E-state index contributed by atoms with van der Waals surface area (Å²) in [5.41, 5.74) is -0.393. The van der Waals surface area contributed by atoms with Crippen molar-refractivity contribution >= 4 is 17.5 Å². The Balaban J connectivity index is 1.97. The summed E-state index contributed by atoms with van der Waals surface area (Å²) in [6.45, 7) is 3.35. The molecule has 2 rings (SSSR count). The monoisotopic (exact) mass is 295 g/mol. The van der Waals surface area contributed by atoms with Gasteiger partial charge in [-0.3, -0.25) is 20.3 Å². The van der Waals surface area contributed by atoms with Crippen LogP contribution in [0.5, 0.6) is 5.75 Å². The number of nitro groups is 1. The number of nitro benzene ring substituents is 1. The van der Waals surface area contributed by atoms with E-state index in [0.29, 0.717) is 12.4 Å². The van der Waals surface area contributed by atoms with Crippen LogP contribution < -0.4 is 10.1 Å². The number of anilines is 1. The van der Waals surface area contributed by atoms with E-state index in [9.17, 15) is 14.9 Å². The molecule has 0 saturated carbocycles. The Kier molecular flexibility index (Phi) is 4.94. The molecule has 2 N–H and O–H groups in total. The molecule has 114 valence electrons. The molecule has 0 aliphatic carbocycles. The van der Waals surface area contributed by atoms with Gasteiger partial charge in [-0.1, -0.05) is 0 Å². The zero-order valence-electron chi connectivity index (χ0n) is 11.4. The van der Waals surface area contributed by atoms with Gasteiger partial charge in [-0.25, -0.2) is 4.79 Å². The standard InChI is InChI=1S/C13H17N3O5/c17-13(18)14-11-4-3-10(9-12(11)16(19)20)21-8-7-15-5-1-2-6-15/h3-4,9,14H,1-2,5-8H2,(H,17,18). The third-order valence-electron chi connectivity index (χ3n) is 3.28. The summed E-state index contributed by atoms with van der Waals surface area (Å²) in [6, 6.07) is 4.08. The molecule has 8 heteroatoms. The predicted molar refractivity (Wildman–Crippen MR) is 75.9 cm³/mol. The fourth-order valence-corrected chi connectivity index (χ4v) is 2.27. The van der Waals surface area contributed by atoms with Crippen LogP contribution in [0.15, 0.2) is 18.2 Å². The number of carboxylic acid groups (broad SMARTS) is 1. The summed E-state index contributed by atoms with van der Waals surface area (Å²) in [5.74, 6) is 0.358. The maximum atomic E-state index is 10.9. The third kappa shape index (κ3) is 4.32.